The minimum absolute atomic E-state index is 0.772. The highest BCUT2D eigenvalue weighted by molar-refractivity contribution is 9.10. The van der Waals surface area contributed by atoms with E-state index in [9.17, 15) is 0 Å². The minimum atomic E-state index is 0.772. The molecule has 1 aromatic heterocycles. The molecule has 0 N–H and O–H groups in total. The summed E-state index contributed by atoms with van der Waals surface area (Å²) in [5.41, 5.74) is 1.03. The molecular weight excluding hydrogens is 288 g/mol. The van der Waals surface area contributed by atoms with Crippen molar-refractivity contribution in [2.75, 3.05) is 6.26 Å². The third kappa shape index (κ3) is 2.70. The normalized spacial score (nSPS) is 11.1. The molecular formula is C10H9BrN4S. The van der Waals surface area contributed by atoms with Gasteiger partial charge in [-0.2, -0.15) is 9.78 Å². The quantitative estimate of drug-likeness (QED) is 0.646. The molecule has 0 aliphatic heterocycles. The third-order valence-corrected chi connectivity index (χ3v) is 3.05. The highest BCUT2D eigenvalue weighted by atomic mass is 79.9. The van der Waals surface area contributed by atoms with E-state index in [1.54, 1.807) is 17.2 Å². The second-order valence-electron chi connectivity index (χ2n) is 2.96. The summed E-state index contributed by atoms with van der Waals surface area (Å²) in [6.07, 6.45) is 5.30. The van der Waals surface area contributed by atoms with E-state index in [1.165, 1.54) is 11.8 Å². The van der Waals surface area contributed by atoms with Crippen LogP contribution >= 0.6 is 27.7 Å². The molecule has 0 amide bonds. The van der Waals surface area contributed by atoms with Crippen LogP contribution in [-0.2, 0) is 0 Å². The maximum Gasteiger partial charge on any atom is 0.211 e. The average molecular weight is 297 g/mol. The van der Waals surface area contributed by atoms with Crippen molar-refractivity contribution in [2.24, 2.45) is 5.10 Å². The molecule has 1 heterocycles. The van der Waals surface area contributed by atoms with Gasteiger partial charge in [0.15, 0.2) is 0 Å². The SMILES string of the molecule is CSc1nncn1/N=C\c1ccc(Br)cc1. The van der Waals surface area contributed by atoms with Crippen molar-refractivity contribution in [3.8, 4) is 0 Å². The molecule has 0 aliphatic carbocycles. The summed E-state index contributed by atoms with van der Waals surface area (Å²) >= 11 is 4.89. The Morgan fingerprint density at radius 1 is 1.38 bits per heavy atom. The fraction of sp³-hybridized carbons (Fsp3) is 0.100. The number of aromatic nitrogens is 3. The first-order valence-corrected chi connectivity index (χ1v) is 6.55. The Labute approximate surface area is 106 Å². The largest absolute Gasteiger partial charge is 0.211 e. The standard InChI is InChI=1S/C10H9BrN4S/c1-16-10-14-12-7-15(10)13-6-8-2-4-9(11)5-3-8/h2-7H,1H3/b13-6-. The van der Waals surface area contributed by atoms with Crippen LogP contribution in [0.5, 0.6) is 0 Å². The third-order valence-electron chi connectivity index (χ3n) is 1.88. The molecule has 2 aromatic rings. The molecule has 0 radical (unpaired) electrons. The van der Waals surface area contributed by atoms with Crippen molar-refractivity contribution in [1.82, 2.24) is 14.9 Å². The lowest BCUT2D eigenvalue weighted by atomic mass is 10.2. The van der Waals surface area contributed by atoms with Gasteiger partial charge in [0.25, 0.3) is 0 Å². The second-order valence-corrected chi connectivity index (χ2v) is 4.65. The number of rotatable bonds is 3. The van der Waals surface area contributed by atoms with Crippen molar-refractivity contribution in [3.63, 3.8) is 0 Å². The molecule has 0 atom stereocenters. The minimum Gasteiger partial charge on any atom is -0.195 e. The van der Waals surface area contributed by atoms with Gasteiger partial charge in [-0.3, -0.25) is 0 Å². The molecule has 1 aromatic carbocycles. The average Bonchev–Trinajstić information content (AvgIpc) is 2.76. The van der Waals surface area contributed by atoms with Crippen LogP contribution in [0.4, 0.5) is 0 Å². The molecule has 0 bridgehead atoms. The Balaban J connectivity index is 2.18. The molecule has 0 aliphatic rings. The molecule has 82 valence electrons. The highest BCUT2D eigenvalue weighted by Crippen LogP contribution is 2.11. The summed E-state index contributed by atoms with van der Waals surface area (Å²) in [4.78, 5) is 0. The Morgan fingerprint density at radius 2 is 2.12 bits per heavy atom. The number of benzene rings is 1. The molecule has 6 heteroatoms. The smallest absolute Gasteiger partial charge is 0.195 e. The summed E-state index contributed by atoms with van der Waals surface area (Å²) in [6, 6.07) is 7.92. The van der Waals surface area contributed by atoms with E-state index in [-0.39, 0.29) is 0 Å². The van der Waals surface area contributed by atoms with Gasteiger partial charge in [0, 0.05) is 4.47 Å². The second kappa shape index (κ2) is 5.27. The fourth-order valence-electron chi connectivity index (χ4n) is 1.11. The summed E-state index contributed by atoms with van der Waals surface area (Å²) in [5, 5.41) is 12.7. The number of hydrogen-bond acceptors (Lipinski definition) is 4. The Kier molecular flexibility index (Phi) is 3.74. The van der Waals surface area contributed by atoms with E-state index in [0.29, 0.717) is 0 Å². The van der Waals surface area contributed by atoms with Crippen LogP contribution < -0.4 is 0 Å². The lowest BCUT2D eigenvalue weighted by Gasteiger charge is -1.96. The van der Waals surface area contributed by atoms with Gasteiger partial charge >= 0.3 is 0 Å². The van der Waals surface area contributed by atoms with Crippen LogP contribution in [0.1, 0.15) is 5.56 Å². The fourth-order valence-corrected chi connectivity index (χ4v) is 1.79. The lowest BCUT2D eigenvalue weighted by Crippen LogP contribution is -1.91. The van der Waals surface area contributed by atoms with E-state index in [2.05, 4.69) is 31.2 Å². The van der Waals surface area contributed by atoms with E-state index < -0.39 is 0 Å². The number of nitrogens with zero attached hydrogens (tertiary/aromatic N) is 4. The highest BCUT2D eigenvalue weighted by Gasteiger charge is 1.98. The summed E-state index contributed by atoms with van der Waals surface area (Å²) < 4.78 is 2.70. The molecule has 16 heavy (non-hydrogen) atoms. The summed E-state index contributed by atoms with van der Waals surface area (Å²) in [6.45, 7) is 0. The maximum atomic E-state index is 4.27. The van der Waals surface area contributed by atoms with E-state index >= 15 is 0 Å². The Morgan fingerprint density at radius 3 is 2.81 bits per heavy atom. The van der Waals surface area contributed by atoms with Crippen LogP contribution in [0.2, 0.25) is 0 Å². The van der Waals surface area contributed by atoms with Gasteiger partial charge in [0.2, 0.25) is 5.16 Å². The van der Waals surface area contributed by atoms with E-state index in [0.717, 1.165) is 15.2 Å². The van der Waals surface area contributed by atoms with Crippen molar-refractivity contribution in [1.29, 1.82) is 0 Å². The predicted octanol–water partition coefficient (Wildman–Crippen LogP) is 2.64. The van der Waals surface area contributed by atoms with E-state index in [1.807, 2.05) is 30.5 Å². The number of hydrogen-bond donors (Lipinski definition) is 0. The Hall–Kier alpha value is -1.14. The van der Waals surface area contributed by atoms with Crippen LogP contribution in [0.25, 0.3) is 0 Å². The van der Waals surface area contributed by atoms with Gasteiger partial charge < -0.3 is 0 Å². The van der Waals surface area contributed by atoms with Crippen molar-refractivity contribution < 1.29 is 0 Å². The van der Waals surface area contributed by atoms with Gasteiger partial charge in [-0.25, -0.2) is 0 Å². The topological polar surface area (TPSA) is 43.1 Å². The zero-order chi connectivity index (χ0) is 11.4. The van der Waals surface area contributed by atoms with Gasteiger partial charge in [0.05, 0.1) is 6.21 Å². The maximum absolute atomic E-state index is 4.27. The molecule has 0 unspecified atom stereocenters. The van der Waals surface area contributed by atoms with Gasteiger partial charge in [-0.05, 0) is 24.0 Å². The molecule has 2 rings (SSSR count). The van der Waals surface area contributed by atoms with Crippen LogP contribution in [0, 0.1) is 0 Å². The zero-order valence-corrected chi connectivity index (χ0v) is 10.9. The van der Waals surface area contributed by atoms with Gasteiger partial charge in [-0.15, -0.1) is 10.2 Å². The van der Waals surface area contributed by atoms with Crippen LogP contribution in [-0.4, -0.2) is 27.3 Å². The summed E-state index contributed by atoms with van der Waals surface area (Å²) in [7, 11) is 0. The Bertz CT molecular complexity index is 492. The lowest BCUT2D eigenvalue weighted by molar-refractivity contribution is 0.768. The molecule has 4 nitrogen and oxygen atoms in total. The van der Waals surface area contributed by atoms with Crippen molar-refractivity contribution in [3.05, 3.63) is 40.6 Å². The zero-order valence-electron chi connectivity index (χ0n) is 8.54. The van der Waals surface area contributed by atoms with Crippen LogP contribution in [0.3, 0.4) is 0 Å². The number of thioether (sulfide) groups is 1. The molecule has 0 fully saturated rings. The van der Waals surface area contributed by atoms with Gasteiger partial charge in [0.1, 0.15) is 6.33 Å². The molecule has 0 saturated carbocycles. The van der Waals surface area contributed by atoms with Crippen molar-refractivity contribution >= 4 is 33.9 Å². The molecule has 0 saturated heterocycles. The number of halogens is 1. The first-order chi connectivity index (χ1) is 7.79. The first-order valence-electron chi connectivity index (χ1n) is 4.53. The van der Waals surface area contributed by atoms with E-state index in [4.69, 9.17) is 0 Å². The summed E-state index contributed by atoms with van der Waals surface area (Å²) in [5.74, 6) is 0. The van der Waals surface area contributed by atoms with Crippen LogP contribution in [0.15, 0.2) is 45.3 Å². The monoisotopic (exact) mass is 296 g/mol. The van der Waals surface area contributed by atoms with Gasteiger partial charge in [-0.1, -0.05) is 39.8 Å². The predicted molar refractivity (Wildman–Crippen MR) is 68.9 cm³/mol. The first kappa shape index (κ1) is 11.3. The van der Waals surface area contributed by atoms with Crippen molar-refractivity contribution in [2.45, 2.75) is 5.16 Å². The molecule has 0 spiro atoms.